The maximum absolute atomic E-state index is 10.6. The number of benzene rings is 1. The molecule has 0 bridgehead atoms. The first-order valence-corrected chi connectivity index (χ1v) is 4.17. The molecular formula is C10H9NO4. The van der Waals surface area contributed by atoms with Crippen LogP contribution < -0.4 is 0 Å². The molecule has 0 radical (unpaired) electrons. The van der Waals surface area contributed by atoms with Gasteiger partial charge in [-0.15, -0.1) is 0 Å². The summed E-state index contributed by atoms with van der Waals surface area (Å²) < 4.78 is 0. The molecule has 1 aromatic rings. The summed E-state index contributed by atoms with van der Waals surface area (Å²) in [4.78, 5) is 20.3. The molecular weight excluding hydrogens is 198 g/mol. The van der Waals surface area contributed by atoms with E-state index >= 15 is 0 Å². The molecule has 0 fully saturated rings. The maximum Gasteiger partial charge on any atom is 0.310 e. The Morgan fingerprint density at radius 2 is 2.20 bits per heavy atom. The van der Waals surface area contributed by atoms with Crippen molar-refractivity contribution >= 4 is 17.5 Å². The van der Waals surface area contributed by atoms with Gasteiger partial charge in [0.25, 0.3) is 0 Å². The average molecular weight is 207 g/mol. The van der Waals surface area contributed by atoms with Crippen LogP contribution in [0.3, 0.4) is 0 Å². The average Bonchev–Trinajstić information content (AvgIpc) is 2.14. The molecule has 0 saturated heterocycles. The van der Waals surface area contributed by atoms with Crippen LogP contribution in [-0.2, 0) is 4.79 Å². The highest BCUT2D eigenvalue weighted by Gasteiger charge is 2.11. The Morgan fingerprint density at radius 3 is 2.67 bits per heavy atom. The summed E-state index contributed by atoms with van der Waals surface area (Å²) in [5.74, 6) is -0.543. The number of nitro benzene ring substituents is 1. The highest BCUT2D eigenvalue weighted by atomic mass is 16.6. The third-order valence-electron chi connectivity index (χ3n) is 1.71. The number of nitrogens with zero attached hydrogens (tertiary/aromatic N) is 1. The van der Waals surface area contributed by atoms with Crippen LogP contribution in [0.25, 0.3) is 6.08 Å². The van der Waals surface area contributed by atoms with E-state index in [0.29, 0.717) is 5.56 Å². The molecule has 0 aliphatic carbocycles. The molecule has 1 N–H and O–H groups in total. The minimum atomic E-state index is -0.673. The molecule has 5 heteroatoms. The van der Waals surface area contributed by atoms with Crippen LogP contribution >= 0.6 is 0 Å². The van der Waals surface area contributed by atoms with Crippen LogP contribution in [0.5, 0.6) is 5.75 Å². The number of carbonyl (C=O) groups is 1. The van der Waals surface area contributed by atoms with Gasteiger partial charge in [0.2, 0.25) is 0 Å². The van der Waals surface area contributed by atoms with Gasteiger partial charge in [-0.3, -0.25) is 14.9 Å². The number of phenols is 1. The van der Waals surface area contributed by atoms with Gasteiger partial charge in [-0.25, -0.2) is 0 Å². The van der Waals surface area contributed by atoms with E-state index in [4.69, 9.17) is 0 Å². The van der Waals surface area contributed by atoms with E-state index in [1.54, 1.807) is 0 Å². The van der Waals surface area contributed by atoms with Gasteiger partial charge < -0.3 is 5.11 Å². The van der Waals surface area contributed by atoms with E-state index in [2.05, 4.69) is 0 Å². The predicted octanol–water partition coefficient (Wildman–Crippen LogP) is 1.90. The van der Waals surface area contributed by atoms with Crippen LogP contribution in [0.15, 0.2) is 24.3 Å². The van der Waals surface area contributed by atoms with Crippen molar-refractivity contribution < 1.29 is 14.8 Å². The zero-order valence-corrected chi connectivity index (χ0v) is 8.01. The zero-order valence-electron chi connectivity index (χ0n) is 8.01. The number of hydrogen-bond donors (Lipinski definition) is 1. The maximum atomic E-state index is 10.6. The van der Waals surface area contributed by atoms with Crippen LogP contribution in [0, 0.1) is 10.1 Å². The normalized spacial score (nSPS) is 10.5. The highest BCUT2D eigenvalue weighted by molar-refractivity contribution is 5.91. The quantitative estimate of drug-likeness (QED) is 0.466. The lowest BCUT2D eigenvalue weighted by Gasteiger charge is -1.97. The lowest BCUT2D eigenvalue weighted by atomic mass is 10.1. The Hall–Kier alpha value is -2.17. The van der Waals surface area contributed by atoms with Crippen molar-refractivity contribution in [2.45, 2.75) is 6.92 Å². The van der Waals surface area contributed by atoms with Gasteiger partial charge >= 0.3 is 5.69 Å². The number of ketones is 1. The molecule has 5 nitrogen and oxygen atoms in total. The van der Waals surface area contributed by atoms with Crippen molar-refractivity contribution in [1.82, 2.24) is 0 Å². The molecule has 15 heavy (non-hydrogen) atoms. The standard InChI is InChI=1S/C10H9NO4/c1-7(12)2-3-8-4-5-9(11(14)15)10(13)6-8/h2-6,13H,1H3/b3-2+. The lowest BCUT2D eigenvalue weighted by molar-refractivity contribution is -0.385. The van der Waals surface area contributed by atoms with E-state index in [-0.39, 0.29) is 11.5 Å². The molecule has 0 saturated carbocycles. The molecule has 1 aromatic carbocycles. The van der Waals surface area contributed by atoms with Crippen molar-refractivity contribution in [1.29, 1.82) is 0 Å². The molecule has 78 valence electrons. The van der Waals surface area contributed by atoms with E-state index in [1.807, 2.05) is 0 Å². The molecule has 0 aliphatic rings. The number of phenolic OH excluding ortho intramolecular Hbond substituents is 1. The minimum absolute atomic E-state index is 0.132. The second kappa shape index (κ2) is 4.36. The third kappa shape index (κ3) is 2.91. The molecule has 0 spiro atoms. The summed E-state index contributed by atoms with van der Waals surface area (Å²) in [5, 5.41) is 19.6. The van der Waals surface area contributed by atoms with Crippen molar-refractivity contribution in [2.24, 2.45) is 0 Å². The molecule has 0 heterocycles. The Balaban J connectivity index is 3.01. The van der Waals surface area contributed by atoms with Crippen LogP contribution in [0.2, 0.25) is 0 Å². The second-order valence-corrected chi connectivity index (χ2v) is 2.95. The van der Waals surface area contributed by atoms with Gasteiger partial charge in [-0.05, 0) is 30.7 Å². The molecule has 0 aromatic heterocycles. The molecule has 0 unspecified atom stereocenters. The van der Waals surface area contributed by atoms with Gasteiger partial charge in [-0.1, -0.05) is 6.08 Å². The van der Waals surface area contributed by atoms with Gasteiger partial charge in [-0.2, -0.15) is 0 Å². The van der Waals surface area contributed by atoms with Crippen molar-refractivity contribution in [3.05, 3.63) is 40.0 Å². The summed E-state index contributed by atoms with van der Waals surface area (Å²) >= 11 is 0. The molecule has 0 amide bonds. The largest absolute Gasteiger partial charge is 0.502 e. The second-order valence-electron chi connectivity index (χ2n) is 2.95. The number of rotatable bonds is 3. The number of nitro groups is 1. The zero-order chi connectivity index (χ0) is 11.4. The Bertz CT molecular complexity index is 437. The molecule has 0 atom stereocenters. The lowest BCUT2D eigenvalue weighted by Crippen LogP contribution is -1.88. The van der Waals surface area contributed by atoms with E-state index in [0.717, 1.165) is 0 Å². The Labute approximate surface area is 85.8 Å². The van der Waals surface area contributed by atoms with E-state index in [9.17, 15) is 20.0 Å². The molecule has 0 aliphatic heterocycles. The van der Waals surface area contributed by atoms with Crippen molar-refractivity contribution in [3.8, 4) is 5.75 Å². The third-order valence-corrected chi connectivity index (χ3v) is 1.71. The summed E-state index contributed by atoms with van der Waals surface area (Å²) in [6.07, 6.45) is 2.80. The monoisotopic (exact) mass is 207 g/mol. The smallest absolute Gasteiger partial charge is 0.310 e. The summed E-state index contributed by atoms with van der Waals surface area (Å²) in [6, 6.07) is 3.88. The fourth-order valence-electron chi connectivity index (χ4n) is 1.01. The Morgan fingerprint density at radius 1 is 1.53 bits per heavy atom. The first kappa shape index (κ1) is 10.9. The van der Waals surface area contributed by atoms with Crippen LogP contribution in [-0.4, -0.2) is 15.8 Å². The highest BCUT2D eigenvalue weighted by Crippen LogP contribution is 2.26. The number of aromatic hydroxyl groups is 1. The fourth-order valence-corrected chi connectivity index (χ4v) is 1.01. The number of allylic oxidation sites excluding steroid dienone is 1. The molecule has 1 rings (SSSR count). The number of hydrogen-bond acceptors (Lipinski definition) is 4. The van der Waals surface area contributed by atoms with E-state index < -0.39 is 10.7 Å². The SMILES string of the molecule is CC(=O)/C=C/c1ccc([N+](=O)[O-])c(O)c1. The first-order chi connectivity index (χ1) is 7.00. The first-order valence-electron chi connectivity index (χ1n) is 4.17. The van der Waals surface area contributed by atoms with Crippen molar-refractivity contribution in [2.75, 3.05) is 0 Å². The topological polar surface area (TPSA) is 80.4 Å². The van der Waals surface area contributed by atoms with Crippen molar-refractivity contribution in [3.63, 3.8) is 0 Å². The summed E-state index contributed by atoms with van der Waals surface area (Å²) in [5.41, 5.74) is 0.184. The summed E-state index contributed by atoms with van der Waals surface area (Å²) in [7, 11) is 0. The van der Waals surface area contributed by atoms with Gasteiger partial charge in [0.1, 0.15) is 0 Å². The van der Waals surface area contributed by atoms with E-state index in [1.165, 1.54) is 37.3 Å². The summed E-state index contributed by atoms with van der Waals surface area (Å²) in [6.45, 7) is 1.39. The van der Waals surface area contributed by atoms with Gasteiger partial charge in [0.15, 0.2) is 11.5 Å². The van der Waals surface area contributed by atoms with Crippen LogP contribution in [0.4, 0.5) is 5.69 Å². The van der Waals surface area contributed by atoms with Gasteiger partial charge in [0, 0.05) is 6.07 Å². The van der Waals surface area contributed by atoms with Gasteiger partial charge in [0.05, 0.1) is 4.92 Å². The number of carbonyl (C=O) groups excluding carboxylic acids is 1. The minimum Gasteiger partial charge on any atom is -0.502 e. The fraction of sp³-hybridized carbons (Fsp3) is 0.100. The predicted molar refractivity (Wildman–Crippen MR) is 54.5 cm³/mol. The van der Waals surface area contributed by atoms with Crippen LogP contribution in [0.1, 0.15) is 12.5 Å². The Kier molecular flexibility index (Phi) is 3.17.